The zero-order valence-corrected chi connectivity index (χ0v) is 10.8. The van der Waals surface area contributed by atoms with E-state index in [1.165, 1.54) is 0 Å². The summed E-state index contributed by atoms with van der Waals surface area (Å²) in [6.45, 7) is 5.39. The highest BCUT2D eigenvalue weighted by atomic mass is 32.2. The standard InChI is InChI=1S/C12H19NO2S/c1-10-5-4-6-11(7-10)8-16(14,15)9-12(2,3)13/h4-7H,8-9,13H2,1-3H3. The monoisotopic (exact) mass is 241 g/mol. The molecule has 0 bridgehead atoms. The second kappa shape index (κ2) is 4.55. The van der Waals surface area contributed by atoms with Crippen molar-refractivity contribution in [2.45, 2.75) is 32.1 Å². The highest BCUT2D eigenvalue weighted by molar-refractivity contribution is 7.90. The molecule has 0 aliphatic rings. The summed E-state index contributed by atoms with van der Waals surface area (Å²) in [5, 5.41) is 0. The molecule has 0 atom stereocenters. The Kier molecular flexibility index (Phi) is 3.76. The number of aryl methyl sites for hydroxylation is 1. The Morgan fingerprint density at radius 1 is 1.31 bits per heavy atom. The smallest absolute Gasteiger partial charge is 0.156 e. The van der Waals surface area contributed by atoms with Crippen LogP contribution >= 0.6 is 0 Å². The molecular weight excluding hydrogens is 222 g/mol. The second-order valence-electron chi connectivity index (χ2n) is 5.01. The third-order valence-corrected chi connectivity index (χ3v) is 4.02. The van der Waals surface area contributed by atoms with Gasteiger partial charge in [0.25, 0.3) is 0 Å². The van der Waals surface area contributed by atoms with Crippen molar-refractivity contribution in [3.05, 3.63) is 35.4 Å². The summed E-state index contributed by atoms with van der Waals surface area (Å²) < 4.78 is 23.7. The third kappa shape index (κ3) is 4.77. The predicted octanol–water partition coefficient (Wildman–Crippen LogP) is 1.65. The van der Waals surface area contributed by atoms with Crippen molar-refractivity contribution in [1.82, 2.24) is 0 Å². The van der Waals surface area contributed by atoms with Gasteiger partial charge >= 0.3 is 0 Å². The maximum Gasteiger partial charge on any atom is 0.156 e. The number of hydrogen-bond acceptors (Lipinski definition) is 3. The van der Waals surface area contributed by atoms with Crippen molar-refractivity contribution in [1.29, 1.82) is 0 Å². The third-order valence-electron chi connectivity index (χ3n) is 2.06. The lowest BCUT2D eigenvalue weighted by molar-refractivity contribution is 0.544. The molecule has 0 amide bonds. The van der Waals surface area contributed by atoms with E-state index in [-0.39, 0.29) is 11.5 Å². The van der Waals surface area contributed by atoms with Gasteiger partial charge < -0.3 is 5.73 Å². The van der Waals surface area contributed by atoms with Gasteiger partial charge in [0.1, 0.15) is 0 Å². The average Bonchev–Trinajstić information content (AvgIpc) is 1.96. The number of rotatable bonds is 4. The van der Waals surface area contributed by atoms with Crippen LogP contribution in [0.4, 0.5) is 0 Å². The quantitative estimate of drug-likeness (QED) is 0.872. The van der Waals surface area contributed by atoms with Gasteiger partial charge in [0.2, 0.25) is 0 Å². The topological polar surface area (TPSA) is 60.2 Å². The second-order valence-corrected chi connectivity index (χ2v) is 7.07. The van der Waals surface area contributed by atoms with Crippen molar-refractivity contribution in [2.24, 2.45) is 5.73 Å². The number of hydrogen-bond donors (Lipinski definition) is 1. The van der Waals surface area contributed by atoms with Gasteiger partial charge in [0, 0.05) is 5.54 Å². The molecule has 1 rings (SSSR count). The Morgan fingerprint density at radius 3 is 2.44 bits per heavy atom. The molecule has 0 aromatic heterocycles. The zero-order valence-electron chi connectivity index (χ0n) is 10.0. The fourth-order valence-corrected chi connectivity index (χ4v) is 3.60. The van der Waals surface area contributed by atoms with Crippen molar-refractivity contribution >= 4 is 9.84 Å². The van der Waals surface area contributed by atoms with E-state index in [0.29, 0.717) is 0 Å². The molecular formula is C12H19NO2S. The van der Waals surface area contributed by atoms with E-state index in [4.69, 9.17) is 5.73 Å². The first-order valence-electron chi connectivity index (χ1n) is 5.23. The Labute approximate surface area is 97.6 Å². The predicted molar refractivity (Wildman–Crippen MR) is 66.9 cm³/mol. The minimum absolute atomic E-state index is 0.00788. The van der Waals surface area contributed by atoms with Crippen LogP contribution in [0.2, 0.25) is 0 Å². The van der Waals surface area contributed by atoms with Gasteiger partial charge in [-0.05, 0) is 26.3 Å². The van der Waals surface area contributed by atoms with Gasteiger partial charge in [-0.15, -0.1) is 0 Å². The van der Waals surface area contributed by atoms with Crippen molar-refractivity contribution in [3.63, 3.8) is 0 Å². The number of nitrogens with two attached hydrogens (primary N) is 1. The number of sulfone groups is 1. The summed E-state index contributed by atoms with van der Waals surface area (Å²) in [6.07, 6.45) is 0. The van der Waals surface area contributed by atoms with Crippen LogP contribution in [-0.2, 0) is 15.6 Å². The van der Waals surface area contributed by atoms with Crippen LogP contribution in [0.15, 0.2) is 24.3 Å². The molecule has 0 unspecified atom stereocenters. The molecule has 16 heavy (non-hydrogen) atoms. The van der Waals surface area contributed by atoms with E-state index in [0.717, 1.165) is 11.1 Å². The van der Waals surface area contributed by atoms with E-state index < -0.39 is 15.4 Å². The maximum absolute atomic E-state index is 11.8. The van der Waals surface area contributed by atoms with E-state index in [1.54, 1.807) is 13.8 Å². The Morgan fingerprint density at radius 2 is 1.94 bits per heavy atom. The van der Waals surface area contributed by atoms with E-state index in [2.05, 4.69) is 0 Å². The molecule has 0 fully saturated rings. The lowest BCUT2D eigenvalue weighted by Gasteiger charge is -2.18. The molecule has 0 aliphatic heterocycles. The Balaban J connectivity index is 2.81. The van der Waals surface area contributed by atoms with Crippen LogP contribution in [0.3, 0.4) is 0 Å². The molecule has 0 heterocycles. The van der Waals surface area contributed by atoms with Crippen LogP contribution in [-0.4, -0.2) is 19.7 Å². The zero-order chi connectivity index (χ0) is 12.4. The molecule has 0 spiro atoms. The molecule has 0 saturated carbocycles. The van der Waals surface area contributed by atoms with Crippen LogP contribution in [0.25, 0.3) is 0 Å². The molecule has 0 aliphatic carbocycles. The van der Waals surface area contributed by atoms with Gasteiger partial charge in [0.15, 0.2) is 9.84 Å². The fourth-order valence-electron chi connectivity index (χ4n) is 1.67. The number of benzene rings is 1. The van der Waals surface area contributed by atoms with Crippen LogP contribution in [0.1, 0.15) is 25.0 Å². The molecule has 3 nitrogen and oxygen atoms in total. The Hall–Kier alpha value is -0.870. The molecule has 4 heteroatoms. The van der Waals surface area contributed by atoms with Gasteiger partial charge in [0.05, 0.1) is 11.5 Å². The average molecular weight is 241 g/mol. The van der Waals surface area contributed by atoms with Crippen LogP contribution in [0.5, 0.6) is 0 Å². The van der Waals surface area contributed by atoms with E-state index in [9.17, 15) is 8.42 Å². The fraction of sp³-hybridized carbons (Fsp3) is 0.500. The van der Waals surface area contributed by atoms with Crippen molar-refractivity contribution in [2.75, 3.05) is 5.75 Å². The summed E-state index contributed by atoms with van der Waals surface area (Å²) in [5.41, 5.74) is 6.94. The van der Waals surface area contributed by atoms with Crippen LogP contribution < -0.4 is 5.73 Å². The molecule has 0 saturated heterocycles. The summed E-state index contributed by atoms with van der Waals surface area (Å²) in [4.78, 5) is 0. The summed E-state index contributed by atoms with van der Waals surface area (Å²) in [7, 11) is -3.13. The highest BCUT2D eigenvalue weighted by Gasteiger charge is 2.22. The van der Waals surface area contributed by atoms with E-state index in [1.807, 2.05) is 31.2 Å². The van der Waals surface area contributed by atoms with Crippen molar-refractivity contribution in [3.8, 4) is 0 Å². The molecule has 1 aromatic carbocycles. The lowest BCUT2D eigenvalue weighted by atomic mass is 10.1. The van der Waals surface area contributed by atoms with E-state index >= 15 is 0 Å². The molecule has 2 N–H and O–H groups in total. The Bertz CT molecular complexity index is 458. The first-order valence-corrected chi connectivity index (χ1v) is 7.05. The normalized spacial score (nSPS) is 12.8. The van der Waals surface area contributed by atoms with Gasteiger partial charge in [-0.3, -0.25) is 0 Å². The first kappa shape index (κ1) is 13.2. The highest BCUT2D eigenvalue weighted by Crippen LogP contribution is 2.12. The minimum atomic E-state index is -3.13. The lowest BCUT2D eigenvalue weighted by Crippen LogP contribution is -2.40. The van der Waals surface area contributed by atoms with Gasteiger partial charge in [-0.1, -0.05) is 29.8 Å². The molecule has 90 valence electrons. The summed E-state index contributed by atoms with van der Waals surface area (Å²) >= 11 is 0. The van der Waals surface area contributed by atoms with Crippen molar-refractivity contribution < 1.29 is 8.42 Å². The molecule has 1 aromatic rings. The maximum atomic E-state index is 11.8. The van der Waals surface area contributed by atoms with Gasteiger partial charge in [-0.25, -0.2) is 8.42 Å². The SMILES string of the molecule is Cc1cccc(CS(=O)(=O)CC(C)(C)N)c1. The summed E-state index contributed by atoms with van der Waals surface area (Å²) in [6, 6.07) is 7.53. The molecule has 0 radical (unpaired) electrons. The summed E-state index contributed by atoms with van der Waals surface area (Å²) in [5.74, 6) is 0.0727. The van der Waals surface area contributed by atoms with Crippen LogP contribution in [0, 0.1) is 6.92 Å². The van der Waals surface area contributed by atoms with Gasteiger partial charge in [-0.2, -0.15) is 0 Å². The first-order chi connectivity index (χ1) is 7.18. The largest absolute Gasteiger partial charge is 0.325 e. The minimum Gasteiger partial charge on any atom is -0.325 e.